The van der Waals surface area contributed by atoms with Crippen LogP contribution in [0.1, 0.15) is 29.0 Å². The molecular weight excluding hydrogens is 260 g/mol. The molecule has 0 spiro atoms. The van der Waals surface area contributed by atoms with Crippen LogP contribution < -0.4 is 0 Å². The quantitative estimate of drug-likeness (QED) is 0.808. The highest BCUT2D eigenvalue weighted by molar-refractivity contribution is 8.00. The second-order valence-corrected chi connectivity index (χ2v) is 6.12. The molecule has 4 nitrogen and oxygen atoms in total. The topological polar surface area (TPSA) is 43.6 Å². The van der Waals surface area contributed by atoms with Gasteiger partial charge in [0.05, 0.1) is 24.4 Å². The van der Waals surface area contributed by atoms with Crippen LogP contribution in [0.2, 0.25) is 0 Å². The third-order valence-corrected chi connectivity index (χ3v) is 4.86. The monoisotopic (exact) mass is 276 g/mol. The van der Waals surface area contributed by atoms with Gasteiger partial charge >= 0.3 is 5.97 Å². The molecule has 1 aliphatic heterocycles. The number of rotatable bonds is 3. The summed E-state index contributed by atoms with van der Waals surface area (Å²) < 4.78 is 6.79. The molecule has 100 valence electrons. The Kier molecular flexibility index (Phi) is 3.46. The lowest BCUT2D eigenvalue weighted by atomic mass is 10.2. The summed E-state index contributed by atoms with van der Waals surface area (Å²) in [5.41, 5.74) is 1.51. The van der Waals surface area contributed by atoms with Crippen LogP contribution in [0, 0.1) is 0 Å². The zero-order valence-electron chi connectivity index (χ0n) is 10.8. The molecule has 2 aromatic rings. The molecule has 1 unspecified atom stereocenters. The number of carbonyl (C=O) groups is 1. The average Bonchev–Trinajstić information content (AvgIpc) is 3.08. The van der Waals surface area contributed by atoms with E-state index in [0.717, 1.165) is 17.8 Å². The maximum atomic E-state index is 11.5. The SMILES string of the molecule is COC(=O)c1ccn2c(CC3CCCS3)ncc2c1. The van der Waals surface area contributed by atoms with E-state index in [2.05, 4.69) is 9.38 Å². The second kappa shape index (κ2) is 5.25. The highest BCUT2D eigenvalue weighted by atomic mass is 32.2. The fourth-order valence-electron chi connectivity index (χ4n) is 2.46. The fraction of sp³-hybridized carbons (Fsp3) is 0.429. The first-order valence-electron chi connectivity index (χ1n) is 6.44. The molecule has 0 saturated carbocycles. The number of fused-ring (bicyclic) bond motifs is 1. The van der Waals surface area contributed by atoms with Gasteiger partial charge in [0.15, 0.2) is 0 Å². The summed E-state index contributed by atoms with van der Waals surface area (Å²) in [5.74, 6) is 2.03. The summed E-state index contributed by atoms with van der Waals surface area (Å²) in [6.07, 6.45) is 7.31. The molecule has 3 rings (SSSR count). The van der Waals surface area contributed by atoms with E-state index in [9.17, 15) is 4.79 Å². The molecule has 2 aromatic heterocycles. The zero-order valence-corrected chi connectivity index (χ0v) is 11.7. The lowest BCUT2D eigenvalue weighted by molar-refractivity contribution is 0.0600. The molecule has 0 aliphatic carbocycles. The van der Waals surface area contributed by atoms with Crippen molar-refractivity contribution in [1.82, 2.24) is 9.38 Å². The standard InChI is InChI=1S/C14H16N2O2S/c1-18-14(17)10-4-5-16-11(7-10)9-15-13(16)8-12-3-2-6-19-12/h4-5,7,9,12H,2-3,6,8H2,1H3. The number of imidazole rings is 1. The van der Waals surface area contributed by atoms with Crippen LogP contribution >= 0.6 is 11.8 Å². The van der Waals surface area contributed by atoms with Gasteiger partial charge in [-0.1, -0.05) is 0 Å². The lowest BCUT2D eigenvalue weighted by Crippen LogP contribution is -2.07. The van der Waals surface area contributed by atoms with Gasteiger partial charge < -0.3 is 9.14 Å². The third-order valence-electron chi connectivity index (χ3n) is 3.46. The molecule has 1 aliphatic rings. The normalized spacial score (nSPS) is 18.9. The largest absolute Gasteiger partial charge is 0.465 e. The zero-order chi connectivity index (χ0) is 13.2. The van der Waals surface area contributed by atoms with Crippen LogP contribution in [-0.2, 0) is 11.2 Å². The van der Waals surface area contributed by atoms with Crippen molar-refractivity contribution in [2.45, 2.75) is 24.5 Å². The average molecular weight is 276 g/mol. The minimum atomic E-state index is -0.309. The first kappa shape index (κ1) is 12.5. The summed E-state index contributed by atoms with van der Waals surface area (Å²) in [5, 5.41) is 0.686. The van der Waals surface area contributed by atoms with Crippen molar-refractivity contribution in [3.05, 3.63) is 35.9 Å². The van der Waals surface area contributed by atoms with Crippen LogP contribution in [0.15, 0.2) is 24.5 Å². The van der Waals surface area contributed by atoms with Gasteiger partial charge in [0.2, 0.25) is 0 Å². The van der Waals surface area contributed by atoms with E-state index in [0.29, 0.717) is 10.8 Å². The Morgan fingerprint density at radius 1 is 1.63 bits per heavy atom. The molecule has 1 atom stereocenters. The van der Waals surface area contributed by atoms with Gasteiger partial charge in [-0.2, -0.15) is 11.8 Å². The van der Waals surface area contributed by atoms with Crippen LogP contribution in [0.3, 0.4) is 0 Å². The van der Waals surface area contributed by atoms with Crippen LogP contribution in [0.25, 0.3) is 5.52 Å². The molecular formula is C14H16N2O2S. The molecule has 0 bridgehead atoms. The van der Waals surface area contributed by atoms with Crippen molar-refractivity contribution < 1.29 is 9.53 Å². The molecule has 19 heavy (non-hydrogen) atoms. The Labute approximate surface area is 116 Å². The number of esters is 1. The molecule has 3 heterocycles. The molecule has 0 amide bonds. The lowest BCUT2D eigenvalue weighted by Gasteiger charge is -2.07. The Hall–Kier alpha value is -1.49. The molecule has 0 radical (unpaired) electrons. The number of hydrogen-bond acceptors (Lipinski definition) is 4. The van der Waals surface area contributed by atoms with Crippen molar-refractivity contribution in [3.8, 4) is 0 Å². The number of thioether (sulfide) groups is 1. The summed E-state index contributed by atoms with van der Waals surface area (Å²) in [4.78, 5) is 16.0. The molecule has 5 heteroatoms. The second-order valence-electron chi connectivity index (χ2n) is 4.72. The summed E-state index contributed by atoms with van der Waals surface area (Å²) in [6.45, 7) is 0. The number of hydrogen-bond donors (Lipinski definition) is 0. The molecule has 0 aromatic carbocycles. The first-order valence-corrected chi connectivity index (χ1v) is 7.48. The maximum absolute atomic E-state index is 11.5. The van der Waals surface area contributed by atoms with Gasteiger partial charge in [-0.3, -0.25) is 0 Å². The van der Waals surface area contributed by atoms with Gasteiger partial charge in [-0.25, -0.2) is 9.78 Å². The van der Waals surface area contributed by atoms with Crippen molar-refractivity contribution in [2.24, 2.45) is 0 Å². The van der Waals surface area contributed by atoms with Gasteiger partial charge in [0.25, 0.3) is 0 Å². The molecule has 1 fully saturated rings. The number of pyridine rings is 1. The van der Waals surface area contributed by atoms with E-state index in [4.69, 9.17) is 4.74 Å². The van der Waals surface area contributed by atoms with Gasteiger partial charge in [0, 0.05) is 17.9 Å². The third kappa shape index (κ3) is 2.47. The number of nitrogens with zero attached hydrogens (tertiary/aromatic N) is 2. The van der Waals surface area contributed by atoms with Crippen molar-refractivity contribution >= 4 is 23.2 Å². The fourth-order valence-corrected chi connectivity index (χ4v) is 3.73. The molecule has 0 N–H and O–H groups in total. The van der Waals surface area contributed by atoms with Crippen molar-refractivity contribution in [3.63, 3.8) is 0 Å². The summed E-state index contributed by atoms with van der Waals surface area (Å²) in [7, 11) is 1.39. The predicted octanol–water partition coefficient (Wildman–Crippen LogP) is 2.56. The van der Waals surface area contributed by atoms with Gasteiger partial charge in [-0.15, -0.1) is 0 Å². The van der Waals surface area contributed by atoms with Crippen LogP contribution in [-0.4, -0.2) is 33.5 Å². The van der Waals surface area contributed by atoms with E-state index < -0.39 is 0 Å². The van der Waals surface area contributed by atoms with E-state index in [1.54, 1.807) is 6.07 Å². The van der Waals surface area contributed by atoms with Crippen molar-refractivity contribution in [1.29, 1.82) is 0 Å². The number of ether oxygens (including phenoxy) is 1. The Morgan fingerprint density at radius 3 is 3.26 bits per heavy atom. The Morgan fingerprint density at radius 2 is 2.53 bits per heavy atom. The van der Waals surface area contributed by atoms with Gasteiger partial charge in [-0.05, 0) is 30.7 Å². The van der Waals surface area contributed by atoms with E-state index in [1.807, 2.05) is 30.2 Å². The number of methoxy groups -OCH3 is 1. The highest BCUT2D eigenvalue weighted by Gasteiger charge is 2.18. The number of carbonyl (C=O) groups excluding carboxylic acids is 1. The first-order chi connectivity index (χ1) is 9.28. The Balaban J connectivity index is 1.88. The minimum Gasteiger partial charge on any atom is -0.465 e. The highest BCUT2D eigenvalue weighted by Crippen LogP contribution is 2.28. The maximum Gasteiger partial charge on any atom is 0.337 e. The van der Waals surface area contributed by atoms with Crippen LogP contribution in [0.5, 0.6) is 0 Å². The minimum absolute atomic E-state index is 0.309. The number of aromatic nitrogens is 2. The smallest absolute Gasteiger partial charge is 0.337 e. The Bertz CT molecular complexity index is 603. The van der Waals surface area contributed by atoms with E-state index in [-0.39, 0.29) is 5.97 Å². The van der Waals surface area contributed by atoms with E-state index >= 15 is 0 Å². The summed E-state index contributed by atoms with van der Waals surface area (Å²) in [6, 6.07) is 3.61. The molecule has 1 saturated heterocycles. The van der Waals surface area contributed by atoms with E-state index in [1.165, 1.54) is 25.7 Å². The van der Waals surface area contributed by atoms with Crippen molar-refractivity contribution in [2.75, 3.05) is 12.9 Å². The van der Waals surface area contributed by atoms with Gasteiger partial charge in [0.1, 0.15) is 5.82 Å². The predicted molar refractivity (Wildman–Crippen MR) is 75.7 cm³/mol. The summed E-state index contributed by atoms with van der Waals surface area (Å²) >= 11 is 2.03. The van der Waals surface area contributed by atoms with Crippen LogP contribution in [0.4, 0.5) is 0 Å².